The highest BCUT2D eigenvalue weighted by Crippen LogP contribution is 2.44. The van der Waals surface area contributed by atoms with Gasteiger partial charge in [-0.1, -0.05) is 36.4 Å². The summed E-state index contributed by atoms with van der Waals surface area (Å²) in [5, 5.41) is 0.697. The van der Waals surface area contributed by atoms with Crippen molar-refractivity contribution in [1.82, 2.24) is 4.57 Å². The van der Waals surface area contributed by atoms with Crippen LogP contribution in [-0.2, 0) is 16.1 Å². The Morgan fingerprint density at radius 2 is 1.38 bits per heavy atom. The lowest BCUT2D eigenvalue weighted by Crippen LogP contribution is -2.27. The van der Waals surface area contributed by atoms with Gasteiger partial charge in [-0.15, -0.1) is 0 Å². The fourth-order valence-corrected chi connectivity index (χ4v) is 5.15. The minimum absolute atomic E-state index is 0.0794. The van der Waals surface area contributed by atoms with E-state index in [0.717, 1.165) is 5.56 Å². The zero-order valence-electron chi connectivity index (χ0n) is 25.4. The van der Waals surface area contributed by atoms with Crippen LogP contribution < -0.4 is 24.5 Å². The Kier molecular flexibility index (Phi) is 9.04. The third-order valence-electron chi connectivity index (χ3n) is 7.26. The van der Waals surface area contributed by atoms with Gasteiger partial charge in [-0.25, -0.2) is 9.59 Å². The predicted octanol–water partition coefficient (Wildman–Crippen LogP) is 5.84. The highest BCUT2D eigenvalue weighted by atomic mass is 16.5. The molecule has 0 aliphatic rings. The molecular weight excluding hydrogens is 578 g/mol. The summed E-state index contributed by atoms with van der Waals surface area (Å²) < 4.78 is 34.1. The van der Waals surface area contributed by atoms with Gasteiger partial charge < -0.3 is 28.4 Å². The van der Waals surface area contributed by atoms with Crippen LogP contribution in [-0.4, -0.2) is 52.1 Å². The van der Waals surface area contributed by atoms with Crippen molar-refractivity contribution < 1.29 is 38.0 Å². The largest absolute Gasteiger partial charge is 0.493 e. The van der Waals surface area contributed by atoms with E-state index in [1.165, 1.54) is 46.2 Å². The van der Waals surface area contributed by atoms with E-state index in [4.69, 9.17) is 28.4 Å². The van der Waals surface area contributed by atoms with E-state index in [2.05, 4.69) is 0 Å². The molecule has 0 unspecified atom stereocenters. The van der Waals surface area contributed by atoms with Crippen molar-refractivity contribution in [3.05, 3.63) is 112 Å². The van der Waals surface area contributed by atoms with E-state index in [9.17, 15) is 14.4 Å². The lowest BCUT2D eigenvalue weighted by atomic mass is 9.95. The number of nitrogens with zero attached hydrogens (tertiary/aromatic N) is 1. The van der Waals surface area contributed by atoms with Gasteiger partial charge in [-0.3, -0.25) is 9.36 Å². The van der Waals surface area contributed by atoms with Gasteiger partial charge in [-0.2, -0.15) is 0 Å². The second-order valence-electron chi connectivity index (χ2n) is 9.79. The number of methoxy groups -OCH3 is 5. The third-order valence-corrected chi connectivity index (χ3v) is 7.26. The second kappa shape index (κ2) is 13.3. The molecule has 4 aromatic carbocycles. The summed E-state index contributed by atoms with van der Waals surface area (Å²) in [5.41, 5.74) is 1.60. The van der Waals surface area contributed by atoms with Gasteiger partial charge in [0.05, 0.1) is 52.2 Å². The summed E-state index contributed by atoms with van der Waals surface area (Å²) in [6, 6.07) is 24.3. The van der Waals surface area contributed by atoms with E-state index < -0.39 is 17.5 Å². The number of rotatable bonds is 10. The number of hydrogen-bond donors (Lipinski definition) is 0. The first-order valence-electron chi connectivity index (χ1n) is 13.8. The van der Waals surface area contributed by atoms with Crippen molar-refractivity contribution in [3.8, 4) is 39.8 Å². The molecule has 0 radical (unpaired) electrons. The Balaban J connectivity index is 1.87. The molecule has 5 rings (SSSR count). The molecule has 0 saturated carbocycles. The molecule has 0 bridgehead atoms. The normalized spacial score (nSPS) is 10.7. The maximum atomic E-state index is 14.4. The van der Waals surface area contributed by atoms with E-state index in [1.807, 2.05) is 30.3 Å². The van der Waals surface area contributed by atoms with Crippen molar-refractivity contribution in [2.45, 2.75) is 6.61 Å². The number of aromatic nitrogens is 1. The van der Waals surface area contributed by atoms with Crippen LogP contribution in [0.5, 0.6) is 23.0 Å². The fourth-order valence-electron chi connectivity index (χ4n) is 5.15. The van der Waals surface area contributed by atoms with Crippen molar-refractivity contribution >= 4 is 22.7 Å². The molecule has 5 aromatic rings. The first kappa shape index (κ1) is 30.7. The van der Waals surface area contributed by atoms with Crippen molar-refractivity contribution in [2.24, 2.45) is 0 Å². The van der Waals surface area contributed by atoms with E-state index >= 15 is 0 Å². The molecule has 0 saturated heterocycles. The van der Waals surface area contributed by atoms with E-state index in [-0.39, 0.29) is 28.9 Å². The number of carbonyl (C=O) groups excluding carboxylic acids is 2. The zero-order valence-corrected chi connectivity index (χ0v) is 25.4. The maximum Gasteiger partial charge on any atom is 0.355 e. The zero-order chi connectivity index (χ0) is 32.1. The average Bonchev–Trinajstić information content (AvgIpc) is 3.09. The summed E-state index contributed by atoms with van der Waals surface area (Å²) >= 11 is 0. The van der Waals surface area contributed by atoms with Crippen molar-refractivity contribution in [3.63, 3.8) is 0 Å². The van der Waals surface area contributed by atoms with Gasteiger partial charge in [0.15, 0.2) is 11.5 Å². The number of hydrogen-bond acceptors (Lipinski definition) is 9. The average molecular weight is 610 g/mol. The molecule has 1 aromatic heterocycles. The fraction of sp³-hybridized carbons (Fsp3) is 0.171. The summed E-state index contributed by atoms with van der Waals surface area (Å²) in [5.74, 6) is 0.0777. The highest BCUT2D eigenvalue weighted by Gasteiger charge is 2.27. The van der Waals surface area contributed by atoms with Crippen molar-refractivity contribution in [1.29, 1.82) is 0 Å². The molecular formula is C35H31NO9. The molecule has 0 aliphatic heterocycles. The Morgan fingerprint density at radius 1 is 0.689 bits per heavy atom. The quantitative estimate of drug-likeness (QED) is 0.180. The maximum absolute atomic E-state index is 14.4. The topological polar surface area (TPSA) is 112 Å². The number of pyridine rings is 1. The van der Waals surface area contributed by atoms with E-state index in [1.54, 1.807) is 48.5 Å². The highest BCUT2D eigenvalue weighted by molar-refractivity contribution is 6.08. The molecule has 0 atom stereocenters. The minimum atomic E-state index is -0.786. The summed E-state index contributed by atoms with van der Waals surface area (Å²) in [4.78, 5) is 40.5. The number of carbonyl (C=O) groups is 2. The van der Waals surface area contributed by atoms with Gasteiger partial charge in [0.1, 0.15) is 18.1 Å². The van der Waals surface area contributed by atoms with Gasteiger partial charge in [0, 0.05) is 5.56 Å². The van der Waals surface area contributed by atoms with Gasteiger partial charge >= 0.3 is 11.9 Å². The molecule has 45 heavy (non-hydrogen) atoms. The first-order valence-corrected chi connectivity index (χ1v) is 13.8. The van der Waals surface area contributed by atoms with Gasteiger partial charge in [-0.05, 0) is 65.0 Å². The molecule has 0 aliphatic carbocycles. The lowest BCUT2D eigenvalue weighted by Gasteiger charge is -2.21. The van der Waals surface area contributed by atoms with Crippen LogP contribution in [0.1, 0.15) is 26.4 Å². The molecule has 0 N–H and O–H groups in total. The second-order valence-corrected chi connectivity index (χ2v) is 9.79. The van der Waals surface area contributed by atoms with Crippen LogP contribution in [0.4, 0.5) is 0 Å². The molecule has 230 valence electrons. The number of esters is 2. The van der Waals surface area contributed by atoms with Crippen LogP contribution in [0.15, 0.2) is 89.7 Å². The van der Waals surface area contributed by atoms with E-state index in [0.29, 0.717) is 39.5 Å². The van der Waals surface area contributed by atoms with Crippen LogP contribution >= 0.6 is 0 Å². The Labute approximate surface area is 259 Å². The molecule has 0 spiro atoms. The number of ether oxygens (including phenoxy) is 6. The smallest absolute Gasteiger partial charge is 0.355 e. The summed E-state index contributed by atoms with van der Waals surface area (Å²) in [7, 11) is 6.94. The Bertz CT molecular complexity index is 1920. The summed E-state index contributed by atoms with van der Waals surface area (Å²) in [6.07, 6.45) is 0. The monoisotopic (exact) mass is 609 g/mol. The van der Waals surface area contributed by atoms with Crippen LogP contribution in [0.25, 0.3) is 27.6 Å². The number of benzene rings is 4. The first-order chi connectivity index (χ1) is 21.8. The lowest BCUT2D eigenvalue weighted by molar-refractivity contribution is 0.0587. The summed E-state index contributed by atoms with van der Waals surface area (Å²) in [6.45, 7) is 0.279. The SMILES string of the molecule is COC(=O)c1cccc(-n2c(C(=O)OC)c(-c3cc(OC)c(OC)c(OC)c3)c3ccc(OCc4ccccc4)cc3c2=O)c1. The molecule has 1 heterocycles. The molecule has 0 amide bonds. The van der Waals surface area contributed by atoms with Crippen molar-refractivity contribution in [2.75, 3.05) is 35.5 Å². The molecule has 10 heteroatoms. The van der Waals surface area contributed by atoms with Crippen LogP contribution in [0.2, 0.25) is 0 Å². The standard InChI is InChI=1S/C35H31NO9/c1-40-28-17-23(18-29(41-2)32(28)42-3)30-26-15-14-25(45-20-21-10-7-6-8-11-21)19-27(26)33(37)36(31(30)35(39)44-5)24-13-9-12-22(16-24)34(38)43-4/h6-19H,20H2,1-5H3. The minimum Gasteiger partial charge on any atom is -0.493 e. The number of fused-ring (bicyclic) bond motifs is 1. The van der Waals surface area contributed by atoms with Gasteiger partial charge in [0.2, 0.25) is 5.75 Å². The third kappa shape index (κ3) is 5.90. The Morgan fingerprint density at radius 3 is 2.00 bits per heavy atom. The van der Waals surface area contributed by atoms with Crippen LogP contribution in [0.3, 0.4) is 0 Å². The predicted molar refractivity (Wildman–Crippen MR) is 168 cm³/mol. The van der Waals surface area contributed by atoms with Crippen LogP contribution in [0, 0.1) is 0 Å². The molecule has 10 nitrogen and oxygen atoms in total. The van der Waals surface area contributed by atoms with Gasteiger partial charge in [0.25, 0.3) is 5.56 Å². The molecule has 0 fully saturated rings. The Hall–Kier alpha value is -5.77.